The highest BCUT2D eigenvalue weighted by Crippen LogP contribution is 2.22. The van der Waals surface area contributed by atoms with Gasteiger partial charge < -0.3 is 10.1 Å². The molecule has 2 fully saturated rings. The molecule has 0 aromatic heterocycles. The zero-order chi connectivity index (χ0) is 13.4. The smallest absolute Gasteiger partial charge is 0.218 e. The number of morpholine rings is 1. The SMILES string of the molecule is CC(CNC1CC1)S(=O)(=O)N1CCOC(C)(C)C1. The van der Waals surface area contributed by atoms with Gasteiger partial charge in [0, 0.05) is 25.7 Å². The van der Waals surface area contributed by atoms with Gasteiger partial charge in [0.25, 0.3) is 0 Å². The maximum absolute atomic E-state index is 12.4. The van der Waals surface area contributed by atoms with Crippen molar-refractivity contribution >= 4 is 10.0 Å². The summed E-state index contributed by atoms with van der Waals surface area (Å²) in [6.45, 7) is 7.60. The maximum Gasteiger partial charge on any atom is 0.218 e. The molecule has 1 unspecified atom stereocenters. The lowest BCUT2D eigenvalue weighted by Crippen LogP contribution is -2.53. The fourth-order valence-corrected chi connectivity index (χ4v) is 3.81. The molecule has 106 valence electrons. The van der Waals surface area contributed by atoms with E-state index in [0.717, 1.165) is 0 Å². The van der Waals surface area contributed by atoms with E-state index in [2.05, 4.69) is 5.32 Å². The molecule has 2 rings (SSSR count). The molecule has 1 heterocycles. The van der Waals surface area contributed by atoms with Crippen LogP contribution >= 0.6 is 0 Å². The van der Waals surface area contributed by atoms with Crippen molar-refractivity contribution < 1.29 is 13.2 Å². The van der Waals surface area contributed by atoms with Crippen molar-refractivity contribution in [1.29, 1.82) is 0 Å². The van der Waals surface area contributed by atoms with Gasteiger partial charge in [-0.3, -0.25) is 0 Å². The predicted octanol–water partition coefficient (Wildman–Crippen LogP) is 0.568. The molecule has 0 amide bonds. The summed E-state index contributed by atoms with van der Waals surface area (Å²) >= 11 is 0. The van der Waals surface area contributed by atoms with Gasteiger partial charge in [0.2, 0.25) is 10.0 Å². The number of hydrogen-bond acceptors (Lipinski definition) is 4. The van der Waals surface area contributed by atoms with E-state index < -0.39 is 10.0 Å². The maximum atomic E-state index is 12.4. The average molecular weight is 276 g/mol. The van der Waals surface area contributed by atoms with Crippen LogP contribution in [0.25, 0.3) is 0 Å². The highest BCUT2D eigenvalue weighted by molar-refractivity contribution is 7.89. The van der Waals surface area contributed by atoms with Crippen molar-refractivity contribution in [1.82, 2.24) is 9.62 Å². The van der Waals surface area contributed by atoms with Crippen LogP contribution in [0.1, 0.15) is 33.6 Å². The first-order chi connectivity index (χ1) is 8.31. The molecule has 0 spiro atoms. The minimum absolute atomic E-state index is 0.369. The number of hydrogen-bond donors (Lipinski definition) is 1. The molecule has 1 N–H and O–H groups in total. The quantitative estimate of drug-likeness (QED) is 0.797. The van der Waals surface area contributed by atoms with Crippen LogP contribution in [0, 0.1) is 0 Å². The number of nitrogens with one attached hydrogen (secondary N) is 1. The molecule has 2 aliphatic rings. The second-order valence-electron chi connectivity index (χ2n) is 5.98. The molecule has 1 aliphatic heterocycles. The highest BCUT2D eigenvalue weighted by Gasteiger charge is 2.37. The summed E-state index contributed by atoms with van der Waals surface area (Å²) in [6.07, 6.45) is 2.36. The van der Waals surface area contributed by atoms with Crippen LogP contribution < -0.4 is 5.32 Å². The third-order valence-corrected chi connectivity index (χ3v) is 5.75. The number of ether oxygens (including phenoxy) is 1. The fourth-order valence-electron chi connectivity index (χ4n) is 2.17. The van der Waals surface area contributed by atoms with Crippen LogP contribution in [-0.2, 0) is 14.8 Å². The number of nitrogens with zero attached hydrogens (tertiary/aromatic N) is 1. The van der Waals surface area contributed by atoms with Crippen molar-refractivity contribution in [3.05, 3.63) is 0 Å². The molecular weight excluding hydrogens is 252 g/mol. The molecule has 1 aliphatic carbocycles. The van der Waals surface area contributed by atoms with Gasteiger partial charge in [0.05, 0.1) is 17.5 Å². The highest BCUT2D eigenvalue weighted by atomic mass is 32.2. The van der Waals surface area contributed by atoms with Gasteiger partial charge in [-0.25, -0.2) is 8.42 Å². The predicted molar refractivity (Wildman–Crippen MR) is 71.0 cm³/mol. The summed E-state index contributed by atoms with van der Waals surface area (Å²) in [7, 11) is -3.21. The van der Waals surface area contributed by atoms with Crippen LogP contribution in [0.4, 0.5) is 0 Å². The summed E-state index contributed by atoms with van der Waals surface area (Å²) in [6, 6.07) is 0.545. The zero-order valence-electron chi connectivity index (χ0n) is 11.5. The third-order valence-electron chi connectivity index (χ3n) is 3.53. The van der Waals surface area contributed by atoms with Crippen molar-refractivity contribution in [3.8, 4) is 0 Å². The Labute approximate surface area is 110 Å². The molecule has 0 bridgehead atoms. The Bertz CT molecular complexity index is 390. The van der Waals surface area contributed by atoms with Crippen LogP contribution in [0.2, 0.25) is 0 Å². The Hall–Kier alpha value is -0.170. The number of sulfonamides is 1. The van der Waals surface area contributed by atoms with Crippen LogP contribution in [-0.4, -0.2) is 55.9 Å². The zero-order valence-corrected chi connectivity index (χ0v) is 12.3. The van der Waals surface area contributed by atoms with Gasteiger partial charge in [-0.05, 0) is 33.6 Å². The lowest BCUT2D eigenvalue weighted by atomic mass is 10.1. The molecule has 1 saturated carbocycles. The van der Waals surface area contributed by atoms with Crippen molar-refractivity contribution in [2.75, 3.05) is 26.2 Å². The second-order valence-corrected chi connectivity index (χ2v) is 8.33. The minimum atomic E-state index is -3.21. The van der Waals surface area contributed by atoms with Gasteiger partial charge in [0.1, 0.15) is 0 Å². The lowest BCUT2D eigenvalue weighted by Gasteiger charge is -2.38. The van der Waals surface area contributed by atoms with Crippen LogP contribution in [0.5, 0.6) is 0 Å². The summed E-state index contributed by atoms with van der Waals surface area (Å²) in [4.78, 5) is 0. The molecule has 1 saturated heterocycles. The molecule has 0 aromatic carbocycles. The van der Waals surface area contributed by atoms with E-state index in [1.807, 2.05) is 13.8 Å². The van der Waals surface area contributed by atoms with Crippen molar-refractivity contribution in [3.63, 3.8) is 0 Å². The Morgan fingerprint density at radius 3 is 2.67 bits per heavy atom. The number of rotatable bonds is 5. The van der Waals surface area contributed by atoms with Gasteiger partial charge in [-0.15, -0.1) is 0 Å². The minimum Gasteiger partial charge on any atom is -0.373 e. The summed E-state index contributed by atoms with van der Waals surface area (Å²) in [5.74, 6) is 0. The monoisotopic (exact) mass is 276 g/mol. The van der Waals surface area contributed by atoms with E-state index in [4.69, 9.17) is 4.74 Å². The van der Waals surface area contributed by atoms with E-state index in [0.29, 0.717) is 32.3 Å². The summed E-state index contributed by atoms with van der Waals surface area (Å²) < 4.78 is 32.0. The summed E-state index contributed by atoms with van der Waals surface area (Å²) in [5, 5.41) is 2.92. The Kier molecular flexibility index (Phi) is 4.02. The van der Waals surface area contributed by atoms with E-state index >= 15 is 0 Å². The van der Waals surface area contributed by atoms with Crippen LogP contribution in [0.3, 0.4) is 0 Å². The van der Waals surface area contributed by atoms with Crippen LogP contribution in [0.15, 0.2) is 0 Å². The molecule has 6 heteroatoms. The largest absolute Gasteiger partial charge is 0.373 e. The average Bonchev–Trinajstić information content (AvgIpc) is 3.08. The molecule has 0 aromatic rings. The molecule has 1 atom stereocenters. The molecular formula is C12H24N2O3S. The molecule has 0 radical (unpaired) electrons. The van der Waals surface area contributed by atoms with Gasteiger partial charge in [-0.1, -0.05) is 0 Å². The third kappa shape index (κ3) is 3.44. The van der Waals surface area contributed by atoms with E-state index in [9.17, 15) is 8.42 Å². The van der Waals surface area contributed by atoms with Gasteiger partial charge in [0.15, 0.2) is 0 Å². The Balaban J connectivity index is 1.95. The van der Waals surface area contributed by atoms with Crippen molar-refractivity contribution in [2.45, 2.75) is 50.5 Å². The topological polar surface area (TPSA) is 58.6 Å². The van der Waals surface area contributed by atoms with E-state index in [1.165, 1.54) is 12.8 Å². The first-order valence-electron chi connectivity index (χ1n) is 6.67. The van der Waals surface area contributed by atoms with E-state index in [-0.39, 0.29) is 10.9 Å². The van der Waals surface area contributed by atoms with Gasteiger partial charge >= 0.3 is 0 Å². The first-order valence-corrected chi connectivity index (χ1v) is 8.18. The molecule has 18 heavy (non-hydrogen) atoms. The normalized spacial score (nSPS) is 27.1. The molecule has 5 nitrogen and oxygen atoms in total. The van der Waals surface area contributed by atoms with Gasteiger partial charge in [-0.2, -0.15) is 4.31 Å². The first kappa shape index (κ1) is 14.2. The van der Waals surface area contributed by atoms with Crippen molar-refractivity contribution in [2.24, 2.45) is 0 Å². The lowest BCUT2D eigenvalue weighted by molar-refractivity contribution is -0.0642. The Morgan fingerprint density at radius 1 is 1.44 bits per heavy atom. The standard InChI is InChI=1S/C12H24N2O3S/c1-10(8-13-11-4-5-11)18(15,16)14-6-7-17-12(2,3)9-14/h10-11,13H,4-9H2,1-3H3. The second kappa shape index (κ2) is 5.07. The van der Waals surface area contributed by atoms with E-state index in [1.54, 1.807) is 11.2 Å². The summed E-state index contributed by atoms with van der Waals surface area (Å²) in [5.41, 5.74) is -0.380. The Morgan fingerprint density at radius 2 is 2.11 bits per heavy atom. The fraction of sp³-hybridized carbons (Fsp3) is 1.00.